The molecule has 0 radical (unpaired) electrons. The molecular weight excluding hydrogens is 235 g/mol. The van der Waals surface area contributed by atoms with E-state index in [-0.39, 0.29) is 11.6 Å². The predicted octanol–water partition coefficient (Wildman–Crippen LogP) is 3.38. The molecule has 4 heteroatoms. The molecule has 0 bridgehead atoms. The van der Waals surface area contributed by atoms with Crippen molar-refractivity contribution in [2.24, 2.45) is 0 Å². The Hall–Kier alpha value is -1.84. The van der Waals surface area contributed by atoms with E-state index in [2.05, 4.69) is 13.8 Å². The van der Waals surface area contributed by atoms with Gasteiger partial charge in [-0.05, 0) is 37.6 Å². The van der Waals surface area contributed by atoms with Crippen LogP contribution in [0.5, 0.6) is 0 Å². The van der Waals surface area contributed by atoms with Gasteiger partial charge in [-0.25, -0.2) is 4.39 Å². The van der Waals surface area contributed by atoms with Crippen molar-refractivity contribution < 1.29 is 18.8 Å². The van der Waals surface area contributed by atoms with Crippen molar-refractivity contribution in [1.82, 2.24) is 0 Å². The van der Waals surface area contributed by atoms with E-state index in [4.69, 9.17) is 9.59 Å². The minimum Gasteiger partial charge on any atom is -0.307 e. The lowest BCUT2D eigenvalue weighted by molar-refractivity contribution is -0.0987. The van der Waals surface area contributed by atoms with Crippen LogP contribution in [0.1, 0.15) is 43.1 Å². The van der Waals surface area contributed by atoms with E-state index >= 15 is 0 Å². The average molecular weight is 256 g/mol. The largest absolute Gasteiger partial charge is 0.307 e. The number of hydrogen-bond donors (Lipinski definition) is 0. The Labute approximate surface area is 108 Å². The first-order valence-electron chi connectivity index (χ1n) is 5.37. The van der Waals surface area contributed by atoms with Gasteiger partial charge in [0.05, 0.1) is 0 Å². The molecular formula is C14H21FO3. The monoisotopic (exact) mass is 256 g/mol. The van der Waals surface area contributed by atoms with E-state index in [1.165, 1.54) is 25.5 Å². The normalized spacial score (nSPS) is 7.39. The molecule has 0 fully saturated rings. The second kappa shape index (κ2) is 15.2. The molecule has 0 saturated carbocycles. The van der Waals surface area contributed by atoms with Crippen LogP contribution < -0.4 is 0 Å². The third-order valence-electron chi connectivity index (χ3n) is 1.45. The Bertz CT molecular complexity index is 316. The highest BCUT2D eigenvalue weighted by molar-refractivity contribution is 5.94. The van der Waals surface area contributed by atoms with Gasteiger partial charge in [0, 0.05) is 5.56 Å². The summed E-state index contributed by atoms with van der Waals surface area (Å²) in [7, 11) is 0. The third kappa shape index (κ3) is 12.2. The van der Waals surface area contributed by atoms with Crippen LogP contribution in [0.3, 0.4) is 0 Å². The molecule has 0 spiro atoms. The highest BCUT2D eigenvalue weighted by Gasteiger charge is 2.01. The Morgan fingerprint density at radius 1 is 1.11 bits per heavy atom. The molecule has 0 saturated heterocycles. The number of Topliss-reactive ketones (excluding diaryl/α,β-unsaturated/α-hetero) is 1. The molecule has 0 heterocycles. The number of benzene rings is 1. The molecule has 0 aliphatic heterocycles. The van der Waals surface area contributed by atoms with Crippen molar-refractivity contribution in [2.75, 3.05) is 0 Å². The van der Waals surface area contributed by atoms with Crippen LogP contribution in [0.2, 0.25) is 0 Å². The zero-order chi connectivity index (χ0) is 15.1. The second-order valence-electron chi connectivity index (χ2n) is 3.28. The lowest BCUT2D eigenvalue weighted by atomic mass is 10.1. The number of rotatable bonds is 1. The molecule has 102 valence electrons. The van der Waals surface area contributed by atoms with Crippen LogP contribution in [0.4, 0.5) is 4.39 Å². The fraction of sp³-hybridized carbons (Fsp3) is 0.357. The van der Waals surface area contributed by atoms with Gasteiger partial charge in [-0.3, -0.25) is 4.79 Å². The summed E-state index contributed by atoms with van der Waals surface area (Å²) in [6, 6.07) is 4.31. The first-order valence-corrected chi connectivity index (χ1v) is 5.37. The highest BCUT2D eigenvalue weighted by Crippen LogP contribution is 2.08. The Balaban J connectivity index is -0.000000274. The van der Waals surface area contributed by atoms with E-state index in [0.717, 1.165) is 5.56 Å². The molecule has 0 aliphatic rings. The number of hydrogen-bond acceptors (Lipinski definition) is 3. The maximum atomic E-state index is 12.6. The van der Waals surface area contributed by atoms with Crippen molar-refractivity contribution in [3.63, 3.8) is 0 Å². The summed E-state index contributed by atoms with van der Waals surface area (Å²) >= 11 is 0. The minimum atomic E-state index is -0.352. The predicted molar refractivity (Wildman–Crippen MR) is 71.3 cm³/mol. The highest BCUT2D eigenvalue weighted by atomic mass is 19.1. The van der Waals surface area contributed by atoms with Gasteiger partial charge in [-0.2, -0.15) is 0 Å². The summed E-state index contributed by atoms with van der Waals surface area (Å²) in [4.78, 5) is 26.8. The molecule has 18 heavy (non-hydrogen) atoms. The van der Waals surface area contributed by atoms with Crippen molar-refractivity contribution in [3.8, 4) is 0 Å². The molecule has 1 aromatic carbocycles. The van der Waals surface area contributed by atoms with Crippen LogP contribution in [-0.2, 0) is 9.59 Å². The standard InChI is InChI=1S/C9H9FO.C3H8.2CH2O/c1-6-3-8(7(2)11)5-9(10)4-6;1-3-2;2*1-2/h3-5H,1-2H3;3H2,1-2H3;2*1H2. The second-order valence-corrected chi connectivity index (χ2v) is 3.28. The van der Waals surface area contributed by atoms with Gasteiger partial charge in [0.15, 0.2) is 5.78 Å². The quantitative estimate of drug-likeness (QED) is 0.724. The zero-order valence-corrected chi connectivity index (χ0v) is 11.5. The Kier molecular flexibility index (Phi) is 18.1. The molecule has 0 N–H and O–H groups in total. The SMILES string of the molecule is C=O.C=O.CC(=O)c1cc(C)cc(F)c1.CCC. The van der Waals surface area contributed by atoms with Crippen molar-refractivity contribution in [2.45, 2.75) is 34.1 Å². The maximum Gasteiger partial charge on any atom is 0.159 e. The van der Waals surface area contributed by atoms with Crippen LogP contribution in [0.25, 0.3) is 0 Å². The maximum absolute atomic E-state index is 12.6. The summed E-state index contributed by atoms with van der Waals surface area (Å²) in [5, 5.41) is 0. The molecule has 0 amide bonds. The van der Waals surface area contributed by atoms with E-state index in [0.29, 0.717) is 5.56 Å². The van der Waals surface area contributed by atoms with Gasteiger partial charge in [0.2, 0.25) is 0 Å². The average Bonchev–Trinajstić information content (AvgIpc) is 2.34. The van der Waals surface area contributed by atoms with Crippen LogP contribution in [0, 0.1) is 12.7 Å². The van der Waals surface area contributed by atoms with E-state index < -0.39 is 0 Å². The van der Waals surface area contributed by atoms with Crippen molar-refractivity contribution in [3.05, 3.63) is 35.1 Å². The lowest BCUT2D eigenvalue weighted by Crippen LogP contribution is -1.93. The van der Waals surface area contributed by atoms with Crippen molar-refractivity contribution >= 4 is 19.4 Å². The summed E-state index contributed by atoms with van der Waals surface area (Å²) < 4.78 is 12.6. The number of carbonyl (C=O) groups excluding carboxylic acids is 3. The molecule has 1 rings (SSSR count). The topological polar surface area (TPSA) is 51.2 Å². The first-order chi connectivity index (χ1) is 8.51. The van der Waals surface area contributed by atoms with Crippen LogP contribution >= 0.6 is 0 Å². The fourth-order valence-corrected chi connectivity index (χ4v) is 0.940. The smallest absolute Gasteiger partial charge is 0.159 e. The van der Waals surface area contributed by atoms with E-state index in [1.807, 2.05) is 13.6 Å². The first kappa shape index (κ1) is 21.4. The van der Waals surface area contributed by atoms with Gasteiger partial charge < -0.3 is 9.59 Å². The van der Waals surface area contributed by atoms with E-state index in [9.17, 15) is 9.18 Å². The van der Waals surface area contributed by atoms with E-state index in [1.54, 1.807) is 13.0 Å². The summed E-state index contributed by atoms with van der Waals surface area (Å²) in [5.74, 6) is -0.456. The summed E-state index contributed by atoms with van der Waals surface area (Å²) in [5.41, 5.74) is 1.21. The van der Waals surface area contributed by atoms with Crippen LogP contribution in [0.15, 0.2) is 18.2 Å². The van der Waals surface area contributed by atoms with Gasteiger partial charge in [0.25, 0.3) is 0 Å². The molecule has 0 aliphatic carbocycles. The van der Waals surface area contributed by atoms with Gasteiger partial charge in [-0.15, -0.1) is 0 Å². The minimum absolute atomic E-state index is 0.104. The zero-order valence-electron chi connectivity index (χ0n) is 11.5. The van der Waals surface area contributed by atoms with Gasteiger partial charge >= 0.3 is 0 Å². The molecule has 0 atom stereocenters. The van der Waals surface area contributed by atoms with Crippen LogP contribution in [-0.4, -0.2) is 19.4 Å². The number of halogens is 1. The number of ketones is 1. The number of aryl methyl sites for hydroxylation is 1. The molecule has 0 aromatic heterocycles. The molecule has 0 unspecified atom stereocenters. The lowest BCUT2D eigenvalue weighted by Gasteiger charge is -1.97. The molecule has 3 nitrogen and oxygen atoms in total. The number of carbonyl (C=O) groups is 3. The van der Waals surface area contributed by atoms with Gasteiger partial charge in [0.1, 0.15) is 19.4 Å². The fourth-order valence-electron chi connectivity index (χ4n) is 0.940. The third-order valence-corrected chi connectivity index (χ3v) is 1.45. The Morgan fingerprint density at radius 2 is 1.50 bits per heavy atom. The van der Waals surface area contributed by atoms with Gasteiger partial charge in [-0.1, -0.05) is 20.3 Å². The van der Waals surface area contributed by atoms with Crippen molar-refractivity contribution in [1.29, 1.82) is 0 Å². The summed E-state index contributed by atoms with van der Waals surface area (Å²) in [6.45, 7) is 11.4. The Morgan fingerprint density at radius 3 is 1.78 bits per heavy atom. The molecule has 1 aromatic rings. The summed E-state index contributed by atoms with van der Waals surface area (Å²) in [6.07, 6.45) is 1.25.